The van der Waals surface area contributed by atoms with Crippen molar-refractivity contribution in [2.45, 2.75) is 20.8 Å². The molecule has 1 amide bonds. The van der Waals surface area contributed by atoms with Gasteiger partial charge in [-0.25, -0.2) is 4.98 Å². The topological polar surface area (TPSA) is 73.6 Å². The van der Waals surface area contributed by atoms with E-state index in [1.165, 1.54) is 11.3 Å². The number of carbonyl (C=O) groups is 1. The molecule has 0 spiro atoms. The summed E-state index contributed by atoms with van der Waals surface area (Å²) in [4.78, 5) is 17.5. The largest absolute Gasteiger partial charge is 0.496 e. The Morgan fingerprint density at radius 1 is 1.06 bits per heavy atom. The minimum atomic E-state index is -0.249. The second-order valence-corrected chi connectivity index (χ2v) is 9.60. The zero-order valence-electron chi connectivity index (χ0n) is 20.8. The fourth-order valence-electron chi connectivity index (χ4n) is 4.50. The molecule has 0 aliphatic rings. The molecule has 36 heavy (non-hydrogen) atoms. The molecule has 0 bridgehead atoms. The molecule has 2 heterocycles. The predicted octanol–water partition coefficient (Wildman–Crippen LogP) is 7.39. The zero-order chi connectivity index (χ0) is 25.4. The number of rotatable bonds is 6. The molecule has 5 rings (SSSR count). The van der Waals surface area contributed by atoms with Crippen molar-refractivity contribution >= 4 is 49.1 Å². The van der Waals surface area contributed by atoms with Crippen LogP contribution in [0.4, 0.5) is 5.13 Å². The standard InChI is InChI=1S/C29H26N2O4S/c1-16-9-8-12-24-26(16)31-29(36-24)30-25(32)13-17(2)20-14-21-22(19-10-6-7-11-23(19)33-4)15-35-28(21)18(3)27(20)34-5/h6-15H,1-5H3,(H,30,31,32)/b17-13+. The summed E-state index contributed by atoms with van der Waals surface area (Å²) < 4.78 is 18.3. The van der Waals surface area contributed by atoms with Gasteiger partial charge in [0.15, 0.2) is 5.13 Å². The Labute approximate surface area is 213 Å². The van der Waals surface area contributed by atoms with Crippen LogP contribution in [-0.2, 0) is 4.79 Å². The van der Waals surface area contributed by atoms with Crippen molar-refractivity contribution in [1.29, 1.82) is 0 Å². The van der Waals surface area contributed by atoms with Crippen LogP contribution in [0.1, 0.15) is 23.6 Å². The Hall–Kier alpha value is -4.10. The summed E-state index contributed by atoms with van der Waals surface area (Å²) in [6.45, 7) is 5.86. The van der Waals surface area contributed by atoms with Crippen LogP contribution in [0.25, 0.3) is 37.9 Å². The van der Waals surface area contributed by atoms with Crippen LogP contribution in [-0.4, -0.2) is 25.1 Å². The quantitative estimate of drug-likeness (QED) is 0.247. The van der Waals surface area contributed by atoms with Crippen molar-refractivity contribution in [3.63, 3.8) is 0 Å². The molecule has 0 radical (unpaired) electrons. The molecule has 6 nitrogen and oxygen atoms in total. The number of anilines is 1. The fourth-order valence-corrected chi connectivity index (χ4v) is 5.45. The van der Waals surface area contributed by atoms with Crippen LogP contribution in [0.5, 0.6) is 11.5 Å². The lowest BCUT2D eigenvalue weighted by molar-refractivity contribution is -0.111. The molecule has 0 unspecified atom stereocenters. The lowest BCUT2D eigenvalue weighted by Gasteiger charge is -2.13. The molecule has 182 valence electrons. The van der Waals surface area contributed by atoms with Gasteiger partial charge in [-0.1, -0.05) is 41.7 Å². The Kier molecular flexibility index (Phi) is 6.24. The molecule has 0 aliphatic carbocycles. The second kappa shape index (κ2) is 9.51. The predicted molar refractivity (Wildman–Crippen MR) is 146 cm³/mol. The van der Waals surface area contributed by atoms with Gasteiger partial charge in [0.1, 0.15) is 17.1 Å². The number of benzene rings is 3. The molecule has 1 N–H and O–H groups in total. The summed E-state index contributed by atoms with van der Waals surface area (Å²) in [5.74, 6) is 1.18. The average molecular weight is 499 g/mol. The first kappa shape index (κ1) is 23.6. The van der Waals surface area contributed by atoms with Gasteiger partial charge in [0.25, 0.3) is 0 Å². The maximum atomic E-state index is 12.9. The van der Waals surface area contributed by atoms with Crippen molar-refractivity contribution < 1.29 is 18.7 Å². The zero-order valence-corrected chi connectivity index (χ0v) is 21.6. The molecule has 7 heteroatoms. The van der Waals surface area contributed by atoms with E-state index >= 15 is 0 Å². The summed E-state index contributed by atoms with van der Waals surface area (Å²) in [5.41, 5.74) is 7.01. The average Bonchev–Trinajstić information content (AvgIpc) is 3.48. The van der Waals surface area contributed by atoms with Gasteiger partial charge in [-0.3, -0.25) is 10.1 Å². The van der Waals surface area contributed by atoms with Gasteiger partial charge >= 0.3 is 0 Å². The van der Waals surface area contributed by atoms with E-state index in [4.69, 9.17) is 13.9 Å². The SMILES string of the molecule is COc1ccccc1-c1coc2c(C)c(OC)c(/C(C)=C/C(=O)Nc3nc4c(C)cccc4s3)cc12. The molecule has 5 aromatic rings. The van der Waals surface area contributed by atoms with Crippen molar-refractivity contribution in [2.75, 3.05) is 19.5 Å². The van der Waals surface area contributed by atoms with Gasteiger partial charge in [-0.05, 0) is 50.1 Å². The van der Waals surface area contributed by atoms with Crippen LogP contribution in [0, 0.1) is 13.8 Å². The number of aromatic nitrogens is 1. The van der Waals surface area contributed by atoms with Gasteiger partial charge in [-0.2, -0.15) is 0 Å². The first-order valence-corrected chi connectivity index (χ1v) is 12.3. The fraction of sp³-hybridized carbons (Fsp3) is 0.172. The summed E-state index contributed by atoms with van der Waals surface area (Å²) in [6.07, 6.45) is 3.31. The van der Waals surface area contributed by atoms with Crippen molar-refractivity contribution in [3.05, 3.63) is 77.6 Å². The van der Waals surface area contributed by atoms with Crippen LogP contribution < -0.4 is 14.8 Å². The lowest BCUT2D eigenvalue weighted by Crippen LogP contribution is -2.08. The van der Waals surface area contributed by atoms with E-state index in [1.54, 1.807) is 26.6 Å². The number of hydrogen-bond donors (Lipinski definition) is 1. The smallest absolute Gasteiger partial charge is 0.250 e. The number of carbonyl (C=O) groups excluding carboxylic acids is 1. The van der Waals surface area contributed by atoms with Crippen LogP contribution in [0.2, 0.25) is 0 Å². The van der Waals surface area contributed by atoms with Crippen LogP contribution in [0.3, 0.4) is 0 Å². The Bertz CT molecular complexity index is 1640. The van der Waals surface area contributed by atoms with E-state index in [2.05, 4.69) is 10.3 Å². The number of nitrogens with one attached hydrogen (secondary N) is 1. The number of methoxy groups -OCH3 is 2. The van der Waals surface area contributed by atoms with Crippen LogP contribution >= 0.6 is 11.3 Å². The van der Waals surface area contributed by atoms with E-state index in [0.717, 1.165) is 60.3 Å². The first-order chi connectivity index (χ1) is 17.4. The summed E-state index contributed by atoms with van der Waals surface area (Å²) in [6, 6.07) is 15.8. The van der Waals surface area contributed by atoms with E-state index in [0.29, 0.717) is 10.9 Å². The number of thiazole rings is 1. The van der Waals surface area contributed by atoms with Crippen molar-refractivity contribution in [3.8, 4) is 22.6 Å². The molecule has 3 aromatic carbocycles. The maximum absolute atomic E-state index is 12.9. The summed E-state index contributed by atoms with van der Waals surface area (Å²) in [7, 11) is 3.28. The number of aryl methyl sites for hydroxylation is 2. The van der Waals surface area contributed by atoms with Crippen molar-refractivity contribution in [1.82, 2.24) is 4.98 Å². The number of hydrogen-bond acceptors (Lipinski definition) is 6. The van der Waals surface area contributed by atoms with E-state index in [9.17, 15) is 4.79 Å². The number of fused-ring (bicyclic) bond motifs is 2. The molecule has 0 atom stereocenters. The number of para-hydroxylation sites is 2. The van der Waals surface area contributed by atoms with E-state index < -0.39 is 0 Å². The van der Waals surface area contributed by atoms with Crippen LogP contribution in [0.15, 0.2) is 65.3 Å². The number of allylic oxidation sites excluding steroid dienone is 1. The Morgan fingerprint density at radius 3 is 2.61 bits per heavy atom. The van der Waals surface area contributed by atoms with Gasteiger partial charge < -0.3 is 13.9 Å². The highest BCUT2D eigenvalue weighted by molar-refractivity contribution is 7.22. The monoisotopic (exact) mass is 498 g/mol. The Morgan fingerprint density at radius 2 is 1.86 bits per heavy atom. The number of nitrogens with zero attached hydrogens (tertiary/aromatic N) is 1. The number of ether oxygens (including phenoxy) is 2. The van der Waals surface area contributed by atoms with Gasteiger partial charge in [-0.15, -0.1) is 0 Å². The number of furan rings is 1. The molecular formula is C29H26N2O4S. The summed E-state index contributed by atoms with van der Waals surface area (Å²) in [5, 5.41) is 4.40. The normalized spacial score (nSPS) is 11.8. The van der Waals surface area contributed by atoms with E-state index in [1.807, 2.05) is 69.3 Å². The first-order valence-electron chi connectivity index (χ1n) is 11.5. The third-order valence-corrected chi connectivity index (χ3v) is 7.20. The molecular weight excluding hydrogens is 472 g/mol. The maximum Gasteiger partial charge on any atom is 0.250 e. The molecule has 0 fully saturated rings. The molecule has 0 aliphatic heterocycles. The number of amides is 1. The van der Waals surface area contributed by atoms with Gasteiger partial charge in [0, 0.05) is 33.7 Å². The highest BCUT2D eigenvalue weighted by Crippen LogP contribution is 2.42. The lowest BCUT2D eigenvalue weighted by atomic mass is 9.96. The Balaban J connectivity index is 1.54. The molecule has 0 saturated carbocycles. The highest BCUT2D eigenvalue weighted by atomic mass is 32.1. The molecule has 2 aromatic heterocycles. The minimum Gasteiger partial charge on any atom is -0.496 e. The summed E-state index contributed by atoms with van der Waals surface area (Å²) >= 11 is 1.46. The van der Waals surface area contributed by atoms with Gasteiger partial charge in [0.2, 0.25) is 5.91 Å². The minimum absolute atomic E-state index is 0.249. The second-order valence-electron chi connectivity index (χ2n) is 8.57. The third-order valence-electron chi connectivity index (χ3n) is 6.27. The van der Waals surface area contributed by atoms with E-state index in [-0.39, 0.29) is 5.91 Å². The molecule has 0 saturated heterocycles. The van der Waals surface area contributed by atoms with Gasteiger partial charge in [0.05, 0.1) is 30.7 Å². The third kappa shape index (κ3) is 4.12. The highest BCUT2D eigenvalue weighted by Gasteiger charge is 2.20. The van der Waals surface area contributed by atoms with Crippen molar-refractivity contribution in [2.24, 2.45) is 0 Å².